The highest BCUT2D eigenvalue weighted by Crippen LogP contribution is 2.33. The molecule has 8 rings (SSSR count). The molecule has 2 unspecified atom stereocenters. The van der Waals surface area contributed by atoms with Gasteiger partial charge in [0.1, 0.15) is 23.8 Å². The first-order valence-electron chi connectivity index (χ1n) is 21.0. The smallest absolute Gasteiger partial charge is 0.264 e. The number of imide groups is 2. The Balaban J connectivity index is 0.779. The molecule has 0 spiro atoms. The van der Waals surface area contributed by atoms with Gasteiger partial charge in [-0.25, -0.2) is 9.97 Å². The summed E-state index contributed by atoms with van der Waals surface area (Å²) in [5.41, 5.74) is 8.42. The van der Waals surface area contributed by atoms with Crippen molar-refractivity contribution in [2.45, 2.75) is 69.0 Å². The van der Waals surface area contributed by atoms with Crippen molar-refractivity contribution in [2.75, 3.05) is 62.6 Å². The van der Waals surface area contributed by atoms with Crippen molar-refractivity contribution in [2.24, 2.45) is 5.73 Å². The zero-order valence-electron chi connectivity index (χ0n) is 33.8. The summed E-state index contributed by atoms with van der Waals surface area (Å²) in [7, 11) is 0. The van der Waals surface area contributed by atoms with Crippen LogP contribution >= 0.6 is 11.6 Å². The second-order valence-corrected chi connectivity index (χ2v) is 16.7. The SMILES string of the molecule is NC1(C(=O)NC(CCN2CCN(C(=O)CCCCNc3cccc4c3C(=O)N(C3CCC(=O)NC3=O)C4=O)CC2)c2ccc(Cl)cc2)CCN(c2ncnc3[nH]ccc23)CC1. The van der Waals surface area contributed by atoms with E-state index in [1.807, 2.05) is 41.4 Å². The largest absolute Gasteiger partial charge is 0.384 e. The summed E-state index contributed by atoms with van der Waals surface area (Å²) >= 11 is 6.22. The average Bonchev–Trinajstić information content (AvgIpc) is 3.85. The Labute approximate surface area is 357 Å². The molecule has 4 aliphatic rings. The Bertz CT molecular complexity index is 2320. The fourth-order valence-corrected chi connectivity index (χ4v) is 8.88. The predicted molar refractivity (Wildman–Crippen MR) is 228 cm³/mol. The molecule has 0 radical (unpaired) electrons. The summed E-state index contributed by atoms with van der Waals surface area (Å²) in [6, 6.07) is 13.1. The number of nitrogens with zero attached hydrogens (tertiary/aromatic N) is 6. The molecule has 2 atom stereocenters. The normalized spacial score (nSPS) is 19.8. The number of unbranched alkanes of at least 4 members (excludes halogenated alkanes) is 1. The van der Waals surface area contributed by atoms with Crippen molar-refractivity contribution in [3.63, 3.8) is 0 Å². The molecule has 18 heteroatoms. The van der Waals surface area contributed by atoms with Crippen LogP contribution in [0.25, 0.3) is 11.0 Å². The van der Waals surface area contributed by atoms with Crippen LogP contribution in [0.3, 0.4) is 0 Å². The summed E-state index contributed by atoms with van der Waals surface area (Å²) < 4.78 is 0. The van der Waals surface area contributed by atoms with E-state index in [1.54, 1.807) is 24.5 Å². The standard InChI is InChI=1S/C43H50ClN11O6/c44-28-9-7-27(8-10-28)31(50-42(61)43(45)15-20-54(21-16-43)38-30-13-18-47-37(30)48-26-49-38)14-19-52-22-24-53(25-23-52)35(57)6-1-2-17-46-32-5-3-4-29-36(32)41(60)55(40(29)59)33-11-12-34(56)51-39(33)58/h3-5,7-10,13,18,26,31,33,46H,1-2,6,11-12,14-17,19-25,45H2,(H,50,61)(H,47,48,49)(H,51,56,58). The third-order valence-corrected chi connectivity index (χ3v) is 12.6. The number of aromatic amines is 1. The zero-order valence-corrected chi connectivity index (χ0v) is 34.6. The monoisotopic (exact) mass is 851 g/mol. The van der Waals surface area contributed by atoms with E-state index in [1.165, 1.54) is 0 Å². The molecule has 0 bridgehead atoms. The predicted octanol–water partition coefficient (Wildman–Crippen LogP) is 2.98. The van der Waals surface area contributed by atoms with E-state index >= 15 is 0 Å². The van der Waals surface area contributed by atoms with Crippen LogP contribution < -0.4 is 26.6 Å². The molecule has 3 fully saturated rings. The highest BCUT2D eigenvalue weighted by Gasteiger charge is 2.46. The van der Waals surface area contributed by atoms with Crippen molar-refractivity contribution >= 4 is 69.6 Å². The topological polar surface area (TPSA) is 219 Å². The second-order valence-electron chi connectivity index (χ2n) is 16.2. The quantitative estimate of drug-likeness (QED) is 0.0914. The molecule has 4 aromatic rings. The molecule has 320 valence electrons. The number of carbonyl (C=O) groups excluding carboxylic acids is 6. The minimum atomic E-state index is -1.03. The van der Waals surface area contributed by atoms with Gasteiger partial charge < -0.3 is 31.2 Å². The van der Waals surface area contributed by atoms with Gasteiger partial charge in [-0.05, 0) is 74.4 Å². The molecule has 61 heavy (non-hydrogen) atoms. The molecule has 17 nitrogen and oxygen atoms in total. The first-order chi connectivity index (χ1) is 29.5. The number of halogens is 1. The maximum Gasteiger partial charge on any atom is 0.264 e. The number of piperidine rings is 2. The number of amides is 6. The summed E-state index contributed by atoms with van der Waals surface area (Å²) in [4.78, 5) is 96.9. The number of aromatic nitrogens is 3. The van der Waals surface area contributed by atoms with Crippen LogP contribution in [0, 0.1) is 0 Å². The van der Waals surface area contributed by atoms with E-state index in [-0.39, 0.29) is 41.8 Å². The van der Waals surface area contributed by atoms with Crippen LogP contribution in [0.4, 0.5) is 11.5 Å². The lowest BCUT2D eigenvalue weighted by Crippen LogP contribution is -2.60. The Kier molecular flexibility index (Phi) is 12.3. The van der Waals surface area contributed by atoms with E-state index < -0.39 is 35.2 Å². The van der Waals surface area contributed by atoms with Crippen LogP contribution in [-0.4, -0.2) is 129 Å². The number of piperazine rings is 1. The number of hydrogen-bond acceptors (Lipinski definition) is 12. The number of H-pyrrole nitrogens is 1. The third-order valence-electron chi connectivity index (χ3n) is 12.4. The van der Waals surface area contributed by atoms with Crippen LogP contribution in [0.15, 0.2) is 61.1 Å². The molecule has 4 aliphatic heterocycles. The van der Waals surface area contributed by atoms with Gasteiger partial charge in [-0.15, -0.1) is 0 Å². The summed E-state index contributed by atoms with van der Waals surface area (Å²) in [6.45, 7) is 5.00. The lowest BCUT2D eigenvalue weighted by molar-refractivity contribution is -0.136. The van der Waals surface area contributed by atoms with E-state index in [2.05, 4.69) is 40.7 Å². The molecule has 2 aromatic heterocycles. The van der Waals surface area contributed by atoms with Gasteiger partial charge in [0.05, 0.1) is 28.1 Å². The second kappa shape index (κ2) is 18.0. The van der Waals surface area contributed by atoms with Crippen molar-refractivity contribution in [1.29, 1.82) is 0 Å². The van der Waals surface area contributed by atoms with Crippen LogP contribution in [0.2, 0.25) is 5.02 Å². The number of nitrogens with two attached hydrogens (primary N) is 1. The van der Waals surface area contributed by atoms with Crippen molar-refractivity contribution < 1.29 is 28.8 Å². The maximum atomic E-state index is 13.9. The van der Waals surface area contributed by atoms with Crippen molar-refractivity contribution in [3.05, 3.63) is 82.8 Å². The van der Waals surface area contributed by atoms with Gasteiger partial charge in [-0.2, -0.15) is 0 Å². The fourth-order valence-electron chi connectivity index (χ4n) is 8.75. The van der Waals surface area contributed by atoms with E-state index in [0.29, 0.717) is 95.0 Å². The van der Waals surface area contributed by atoms with Gasteiger partial charge in [0.2, 0.25) is 23.6 Å². The van der Waals surface area contributed by atoms with E-state index in [0.717, 1.165) is 33.9 Å². The Hall–Kier alpha value is -5.91. The average molecular weight is 852 g/mol. The van der Waals surface area contributed by atoms with Crippen LogP contribution in [-0.2, 0) is 19.2 Å². The Morgan fingerprint density at radius 1 is 0.934 bits per heavy atom. The molecular formula is C43H50ClN11O6. The first kappa shape index (κ1) is 41.8. The molecule has 3 saturated heterocycles. The first-order valence-corrected chi connectivity index (χ1v) is 21.3. The van der Waals surface area contributed by atoms with Gasteiger partial charge in [-0.1, -0.05) is 29.8 Å². The van der Waals surface area contributed by atoms with Crippen molar-refractivity contribution in [1.82, 2.24) is 40.3 Å². The summed E-state index contributed by atoms with van der Waals surface area (Å²) in [5, 5.41) is 10.3. The number of hydrogen-bond donors (Lipinski definition) is 5. The Morgan fingerprint density at radius 2 is 1.70 bits per heavy atom. The minimum Gasteiger partial charge on any atom is -0.384 e. The number of benzene rings is 2. The number of anilines is 2. The van der Waals surface area contributed by atoms with Crippen LogP contribution in [0.5, 0.6) is 0 Å². The molecule has 0 aliphatic carbocycles. The maximum absolute atomic E-state index is 13.9. The third kappa shape index (κ3) is 8.95. The molecular weight excluding hydrogens is 802 g/mol. The number of nitrogens with one attached hydrogen (secondary N) is 4. The fraction of sp³-hybridized carbons (Fsp3) is 0.442. The zero-order chi connectivity index (χ0) is 42.7. The minimum absolute atomic E-state index is 0.0536. The van der Waals surface area contributed by atoms with E-state index in [4.69, 9.17) is 17.3 Å². The lowest BCUT2D eigenvalue weighted by Gasteiger charge is -2.39. The van der Waals surface area contributed by atoms with Gasteiger partial charge in [0.15, 0.2) is 0 Å². The highest BCUT2D eigenvalue weighted by molar-refractivity contribution is 6.30. The number of fused-ring (bicyclic) bond motifs is 2. The van der Waals surface area contributed by atoms with Gasteiger partial charge >= 0.3 is 0 Å². The number of carbonyl (C=O) groups is 6. The Morgan fingerprint density at radius 3 is 2.46 bits per heavy atom. The highest BCUT2D eigenvalue weighted by atomic mass is 35.5. The van der Waals surface area contributed by atoms with Gasteiger partial charge in [-0.3, -0.25) is 43.9 Å². The van der Waals surface area contributed by atoms with E-state index in [9.17, 15) is 28.8 Å². The van der Waals surface area contributed by atoms with Crippen LogP contribution in [0.1, 0.15) is 83.7 Å². The van der Waals surface area contributed by atoms with Gasteiger partial charge in [0, 0.05) is 82.1 Å². The molecule has 6 N–H and O–H groups in total. The number of rotatable bonds is 14. The van der Waals surface area contributed by atoms with Gasteiger partial charge in [0.25, 0.3) is 11.8 Å². The molecule has 0 saturated carbocycles. The summed E-state index contributed by atoms with van der Waals surface area (Å²) in [5.74, 6) is -1.45. The molecule has 2 aromatic carbocycles. The lowest BCUT2D eigenvalue weighted by atomic mass is 9.87. The molecule has 6 heterocycles. The molecule has 6 amide bonds. The van der Waals surface area contributed by atoms with Crippen molar-refractivity contribution in [3.8, 4) is 0 Å². The summed E-state index contributed by atoms with van der Waals surface area (Å²) in [6.07, 6.45) is 6.80.